The van der Waals surface area contributed by atoms with Crippen LogP contribution in [-0.2, 0) is 4.79 Å². The quantitative estimate of drug-likeness (QED) is 0.879. The zero-order chi connectivity index (χ0) is 17.8. The van der Waals surface area contributed by atoms with E-state index in [1.54, 1.807) is 14.2 Å². The Labute approximate surface area is 149 Å². The molecule has 0 aromatic heterocycles. The van der Waals surface area contributed by atoms with Gasteiger partial charge in [0.2, 0.25) is 5.91 Å². The summed E-state index contributed by atoms with van der Waals surface area (Å²) in [4.78, 5) is 16.9. The van der Waals surface area contributed by atoms with Crippen LogP contribution in [0.2, 0.25) is 0 Å². The van der Waals surface area contributed by atoms with Crippen molar-refractivity contribution in [1.29, 1.82) is 0 Å². The fourth-order valence-corrected chi connectivity index (χ4v) is 3.95. The molecule has 1 amide bonds. The SMILES string of the molecule is COc1ccc(OC)c(C2CCCN2C(=O)CN2CCCC(O)C2)c1. The van der Waals surface area contributed by atoms with Crippen LogP contribution in [0.25, 0.3) is 0 Å². The number of hydrogen-bond acceptors (Lipinski definition) is 5. The van der Waals surface area contributed by atoms with Crippen LogP contribution in [0.1, 0.15) is 37.3 Å². The molecule has 2 saturated heterocycles. The third kappa shape index (κ3) is 4.07. The third-order valence-electron chi connectivity index (χ3n) is 5.21. The van der Waals surface area contributed by atoms with Gasteiger partial charge < -0.3 is 19.5 Å². The van der Waals surface area contributed by atoms with E-state index >= 15 is 0 Å². The molecular formula is C19H28N2O4. The summed E-state index contributed by atoms with van der Waals surface area (Å²) in [6.07, 6.45) is 3.38. The Hall–Kier alpha value is -1.79. The molecule has 2 aliphatic heterocycles. The van der Waals surface area contributed by atoms with Crippen LogP contribution in [0.5, 0.6) is 11.5 Å². The number of methoxy groups -OCH3 is 2. The number of nitrogens with zero attached hydrogens (tertiary/aromatic N) is 2. The second kappa shape index (κ2) is 8.06. The average Bonchev–Trinajstić information content (AvgIpc) is 3.11. The van der Waals surface area contributed by atoms with Gasteiger partial charge in [0.25, 0.3) is 0 Å². The van der Waals surface area contributed by atoms with E-state index in [1.807, 2.05) is 23.1 Å². The molecule has 0 saturated carbocycles. The number of likely N-dealkylation sites (tertiary alicyclic amines) is 2. The maximum Gasteiger partial charge on any atom is 0.237 e. The molecule has 3 rings (SSSR count). The number of rotatable bonds is 5. The largest absolute Gasteiger partial charge is 0.497 e. The average molecular weight is 348 g/mol. The summed E-state index contributed by atoms with van der Waals surface area (Å²) >= 11 is 0. The van der Waals surface area contributed by atoms with E-state index in [-0.39, 0.29) is 18.1 Å². The molecule has 6 nitrogen and oxygen atoms in total. The molecule has 2 fully saturated rings. The molecule has 25 heavy (non-hydrogen) atoms. The predicted molar refractivity (Wildman–Crippen MR) is 94.9 cm³/mol. The molecule has 1 aromatic carbocycles. The van der Waals surface area contributed by atoms with Crippen LogP contribution >= 0.6 is 0 Å². The molecular weight excluding hydrogens is 320 g/mol. The van der Waals surface area contributed by atoms with E-state index in [1.165, 1.54) is 0 Å². The minimum absolute atomic E-state index is 0.0206. The lowest BCUT2D eigenvalue weighted by molar-refractivity contribution is -0.134. The second-order valence-corrected chi connectivity index (χ2v) is 6.88. The molecule has 138 valence electrons. The lowest BCUT2D eigenvalue weighted by Crippen LogP contribution is -2.45. The molecule has 0 radical (unpaired) electrons. The van der Waals surface area contributed by atoms with Crippen LogP contribution in [0, 0.1) is 0 Å². The number of ether oxygens (including phenoxy) is 2. The molecule has 2 heterocycles. The number of aliphatic hydroxyl groups excluding tert-OH is 1. The highest BCUT2D eigenvalue weighted by Gasteiger charge is 2.33. The van der Waals surface area contributed by atoms with Crippen molar-refractivity contribution < 1.29 is 19.4 Å². The van der Waals surface area contributed by atoms with Crippen molar-refractivity contribution in [3.8, 4) is 11.5 Å². The van der Waals surface area contributed by atoms with Crippen LogP contribution < -0.4 is 9.47 Å². The first kappa shape index (κ1) is 18.0. The minimum atomic E-state index is -0.311. The number of benzene rings is 1. The summed E-state index contributed by atoms with van der Waals surface area (Å²) < 4.78 is 10.9. The number of β-amino-alcohol motifs (C(OH)–C–C–N with tert-alkyl or cyclic N) is 1. The van der Waals surface area contributed by atoms with Crippen molar-refractivity contribution in [2.45, 2.75) is 37.8 Å². The van der Waals surface area contributed by atoms with Gasteiger partial charge in [-0.15, -0.1) is 0 Å². The number of piperidine rings is 1. The maximum atomic E-state index is 12.9. The predicted octanol–water partition coefficient (Wildman–Crippen LogP) is 1.82. The highest BCUT2D eigenvalue weighted by Crippen LogP contribution is 2.39. The van der Waals surface area contributed by atoms with E-state index in [0.717, 1.165) is 55.8 Å². The van der Waals surface area contributed by atoms with Gasteiger partial charge in [-0.3, -0.25) is 9.69 Å². The van der Waals surface area contributed by atoms with Gasteiger partial charge >= 0.3 is 0 Å². The molecule has 6 heteroatoms. The Morgan fingerprint density at radius 2 is 2.00 bits per heavy atom. The number of aliphatic hydroxyl groups is 1. The van der Waals surface area contributed by atoms with Gasteiger partial charge in [-0.05, 0) is 50.4 Å². The zero-order valence-corrected chi connectivity index (χ0v) is 15.1. The second-order valence-electron chi connectivity index (χ2n) is 6.88. The topological polar surface area (TPSA) is 62.2 Å². The van der Waals surface area contributed by atoms with Crippen LogP contribution in [0.4, 0.5) is 0 Å². The van der Waals surface area contributed by atoms with E-state index in [4.69, 9.17) is 9.47 Å². The van der Waals surface area contributed by atoms with E-state index in [2.05, 4.69) is 4.90 Å². The van der Waals surface area contributed by atoms with Crippen LogP contribution in [0.3, 0.4) is 0 Å². The fourth-order valence-electron chi connectivity index (χ4n) is 3.95. The van der Waals surface area contributed by atoms with E-state index in [0.29, 0.717) is 13.1 Å². The van der Waals surface area contributed by atoms with Crippen molar-refractivity contribution in [3.63, 3.8) is 0 Å². The zero-order valence-electron chi connectivity index (χ0n) is 15.1. The summed E-state index contributed by atoms with van der Waals surface area (Å²) in [6, 6.07) is 5.77. The lowest BCUT2D eigenvalue weighted by Gasteiger charge is -2.32. The third-order valence-corrected chi connectivity index (χ3v) is 5.21. The first-order valence-electron chi connectivity index (χ1n) is 9.04. The Morgan fingerprint density at radius 1 is 1.20 bits per heavy atom. The van der Waals surface area contributed by atoms with Gasteiger partial charge in [-0.2, -0.15) is 0 Å². The van der Waals surface area contributed by atoms with Crippen molar-refractivity contribution in [1.82, 2.24) is 9.80 Å². The summed E-state index contributed by atoms with van der Waals surface area (Å²) in [7, 11) is 3.30. The molecule has 0 bridgehead atoms. The van der Waals surface area contributed by atoms with Crippen molar-refractivity contribution >= 4 is 5.91 Å². The van der Waals surface area contributed by atoms with Gasteiger partial charge in [0, 0.05) is 18.7 Å². The smallest absolute Gasteiger partial charge is 0.237 e. The Morgan fingerprint density at radius 3 is 2.72 bits per heavy atom. The molecule has 2 unspecified atom stereocenters. The molecule has 1 N–H and O–H groups in total. The molecule has 2 aliphatic rings. The summed E-state index contributed by atoms with van der Waals surface area (Å²) in [6.45, 7) is 2.61. The molecule has 0 spiro atoms. The minimum Gasteiger partial charge on any atom is -0.497 e. The standard InChI is InChI=1S/C19H28N2O4/c1-24-15-7-8-18(25-2)16(11-15)17-6-4-10-21(17)19(23)13-20-9-3-5-14(22)12-20/h7-8,11,14,17,22H,3-6,9-10,12-13H2,1-2H3. The number of amides is 1. The first-order chi connectivity index (χ1) is 12.1. The van der Waals surface area contributed by atoms with E-state index in [9.17, 15) is 9.90 Å². The highest BCUT2D eigenvalue weighted by molar-refractivity contribution is 5.79. The van der Waals surface area contributed by atoms with Gasteiger partial charge in [-0.1, -0.05) is 0 Å². The molecule has 2 atom stereocenters. The molecule has 1 aromatic rings. The molecule has 0 aliphatic carbocycles. The fraction of sp³-hybridized carbons (Fsp3) is 0.632. The number of carbonyl (C=O) groups excluding carboxylic acids is 1. The summed E-state index contributed by atoms with van der Waals surface area (Å²) in [5.74, 6) is 1.69. The van der Waals surface area contributed by atoms with Crippen LogP contribution in [-0.4, -0.2) is 67.3 Å². The maximum absolute atomic E-state index is 12.9. The van der Waals surface area contributed by atoms with E-state index < -0.39 is 0 Å². The van der Waals surface area contributed by atoms with Crippen molar-refractivity contribution in [2.75, 3.05) is 40.4 Å². The van der Waals surface area contributed by atoms with Gasteiger partial charge in [0.15, 0.2) is 0 Å². The van der Waals surface area contributed by atoms with Crippen LogP contribution in [0.15, 0.2) is 18.2 Å². The lowest BCUT2D eigenvalue weighted by atomic mass is 10.0. The number of carbonyl (C=O) groups is 1. The van der Waals surface area contributed by atoms with Crippen molar-refractivity contribution in [2.24, 2.45) is 0 Å². The van der Waals surface area contributed by atoms with Gasteiger partial charge in [0.1, 0.15) is 11.5 Å². The summed E-state index contributed by atoms with van der Waals surface area (Å²) in [5.41, 5.74) is 1.01. The summed E-state index contributed by atoms with van der Waals surface area (Å²) in [5, 5.41) is 9.82. The van der Waals surface area contributed by atoms with Crippen molar-refractivity contribution in [3.05, 3.63) is 23.8 Å². The number of hydrogen-bond donors (Lipinski definition) is 1. The van der Waals surface area contributed by atoms with Gasteiger partial charge in [-0.25, -0.2) is 0 Å². The first-order valence-corrected chi connectivity index (χ1v) is 9.04. The monoisotopic (exact) mass is 348 g/mol. The highest BCUT2D eigenvalue weighted by atomic mass is 16.5. The Kier molecular flexibility index (Phi) is 5.81. The normalized spacial score (nSPS) is 24.4. The Balaban J connectivity index is 1.75. The Bertz CT molecular complexity index is 607. The van der Waals surface area contributed by atoms with Gasteiger partial charge in [0.05, 0.1) is 32.9 Å².